The minimum Gasteiger partial charge on any atom is -0.348 e. The summed E-state index contributed by atoms with van der Waals surface area (Å²) in [5.41, 5.74) is 2.96. The van der Waals surface area contributed by atoms with Crippen LogP contribution in [0.4, 0.5) is 5.69 Å². The minimum atomic E-state index is 0.354. The lowest BCUT2D eigenvalue weighted by Gasteiger charge is -2.34. The summed E-state index contributed by atoms with van der Waals surface area (Å²) in [5.74, 6) is 1.40. The molecule has 0 unspecified atom stereocenters. The number of aromatic amines is 1. The Balaban J connectivity index is 1.48. The third-order valence-electron chi connectivity index (χ3n) is 4.62. The van der Waals surface area contributed by atoms with E-state index in [1.807, 2.05) is 42.5 Å². The van der Waals surface area contributed by atoms with Crippen molar-refractivity contribution in [3.63, 3.8) is 0 Å². The van der Waals surface area contributed by atoms with Crippen LogP contribution in [0.3, 0.4) is 0 Å². The predicted molar refractivity (Wildman–Crippen MR) is 107 cm³/mol. The average Bonchev–Trinajstić information content (AvgIpc) is 3.08. The molecule has 4 nitrogen and oxygen atoms in total. The van der Waals surface area contributed by atoms with Gasteiger partial charge in [-0.1, -0.05) is 35.9 Å². The first kappa shape index (κ1) is 16.4. The second kappa shape index (κ2) is 7.02. The van der Waals surface area contributed by atoms with Crippen molar-refractivity contribution >= 4 is 45.7 Å². The number of aromatic nitrogens is 2. The Hall–Kier alpha value is -2.11. The van der Waals surface area contributed by atoms with Crippen molar-refractivity contribution in [1.82, 2.24) is 14.9 Å². The number of benzene rings is 2. The summed E-state index contributed by atoms with van der Waals surface area (Å²) in [7, 11) is 0. The lowest BCUT2D eigenvalue weighted by atomic mass is 9.98. The Bertz CT molecular complexity index is 874. The first-order chi connectivity index (χ1) is 12.2. The van der Waals surface area contributed by atoms with Crippen LogP contribution in [0, 0.1) is 0 Å². The number of anilines is 1. The molecular formula is C19H19ClN4S. The molecule has 3 aromatic rings. The number of imidazole rings is 1. The van der Waals surface area contributed by atoms with E-state index in [9.17, 15) is 0 Å². The molecule has 1 aliphatic rings. The molecule has 128 valence electrons. The van der Waals surface area contributed by atoms with Gasteiger partial charge < -0.3 is 15.2 Å². The Morgan fingerprint density at radius 1 is 1.20 bits per heavy atom. The van der Waals surface area contributed by atoms with Gasteiger partial charge in [0.1, 0.15) is 5.82 Å². The topological polar surface area (TPSA) is 44.0 Å². The fourth-order valence-corrected chi connectivity index (χ4v) is 3.77. The maximum atomic E-state index is 6.22. The summed E-state index contributed by atoms with van der Waals surface area (Å²) in [6.07, 6.45) is 2.21. The van der Waals surface area contributed by atoms with Crippen molar-refractivity contribution < 1.29 is 0 Å². The van der Waals surface area contributed by atoms with E-state index in [0.717, 1.165) is 48.5 Å². The molecule has 4 rings (SSSR count). The van der Waals surface area contributed by atoms with E-state index in [0.29, 0.717) is 16.1 Å². The fraction of sp³-hybridized carbons (Fsp3) is 0.263. The van der Waals surface area contributed by atoms with Crippen LogP contribution in [0.25, 0.3) is 11.0 Å². The largest absolute Gasteiger partial charge is 0.348 e. The van der Waals surface area contributed by atoms with Crippen LogP contribution < -0.4 is 5.32 Å². The zero-order valence-electron chi connectivity index (χ0n) is 13.7. The highest BCUT2D eigenvalue weighted by Crippen LogP contribution is 2.28. The summed E-state index contributed by atoms with van der Waals surface area (Å²) in [6, 6.07) is 15.8. The van der Waals surface area contributed by atoms with E-state index in [4.69, 9.17) is 28.8 Å². The summed E-state index contributed by atoms with van der Waals surface area (Å²) in [6.45, 7) is 1.81. The molecule has 0 spiro atoms. The molecule has 25 heavy (non-hydrogen) atoms. The number of nitrogens with zero attached hydrogens (tertiary/aromatic N) is 2. The second-order valence-corrected chi connectivity index (χ2v) is 7.13. The first-order valence-corrected chi connectivity index (χ1v) is 9.24. The summed E-state index contributed by atoms with van der Waals surface area (Å²) >= 11 is 11.8. The molecule has 0 amide bonds. The van der Waals surface area contributed by atoms with Crippen LogP contribution in [0.2, 0.25) is 5.02 Å². The molecule has 1 aromatic heterocycles. The van der Waals surface area contributed by atoms with Gasteiger partial charge in [-0.15, -0.1) is 0 Å². The number of para-hydroxylation sites is 3. The molecular weight excluding hydrogens is 352 g/mol. The van der Waals surface area contributed by atoms with Gasteiger partial charge in [0.15, 0.2) is 5.11 Å². The smallest absolute Gasteiger partial charge is 0.173 e. The molecule has 6 heteroatoms. The normalized spacial score (nSPS) is 17.6. The van der Waals surface area contributed by atoms with Crippen LogP contribution >= 0.6 is 23.8 Å². The molecule has 2 heterocycles. The quantitative estimate of drug-likeness (QED) is 0.636. The van der Waals surface area contributed by atoms with Crippen molar-refractivity contribution in [1.29, 1.82) is 0 Å². The molecule has 0 aliphatic carbocycles. The zero-order valence-corrected chi connectivity index (χ0v) is 15.3. The van der Waals surface area contributed by atoms with Crippen LogP contribution in [0.5, 0.6) is 0 Å². The first-order valence-electron chi connectivity index (χ1n) is 8.46. The maximum absolute atomic E-state index is 6.22. The molecule has 2 N–H and O–H groups in total. The van der Waals surface area contributed by atoms with Gasteiger partial charge >= 0.3 is 0 Å². The Morgan fingerprint density at radius 3 is 2.84 bits per heavy atom. The molecule has 1 saturated heterocycles. The molecule has 2 aromatic carbocycles. The van der Waals surface area contributed by atoms with Gasteiger partial charge in [0.05, 0.1) is 21.7 Å². The van der Waals surface area contributed by atoms with Crippen LogP contribution in [0.15, 0.2) is 48.5 Å². The predicted octanol–water partition coefficient (Wildman–Crippen LogP) is 4.79. The van der Waals surface area contributed by atoms with E-state index >= 15 is 0 Å². The fourth-order valence-electron chi connectivity index (χ4n) is 3.31. The molecule has 0 saturated carbocycles. The monoisotopic (exact) mass is 370 g/mol. The van der Waals surface area contributed by atoms with E-state index < -0.39 is 0 Å². The van der Waals surface area contributed by atoms with Crippen molar-refractivity contribution in [2.45, 2.75) is 18.8 Å². The van der Waals surface area contributed by atoms with Crippen LogP contribution in [-0.2, 0) is 0 Å². The molecule has 1 aliphatic heterocycles. The number of likely N-dealkylation sites (tertiary alicyclic amines) is 1. The van der Waals surface area contributed by atoms with Crippen molar-refractivity contribution in [3.8, 4) is 0 Å². The molecule has 0 radical (unpaired) electrons. The maximum Gasteiger partial charge on any atom is 0.173 e. The van der Waals surface area contributed by atoms with Gasteiger partial charge in [0, 0.05) is 19.0 Å². The Labute approximate surface area is 157 Å². The summed E-state index contributed by atoms with van der Waals surface area (Å²) in [4.78, 5) is 10.4. The lowest BCUT2D eigenvalue weighted by Crippen LogP contribution is -2.41. The van der Waals surface area contributed by atoms with E-state index in [1.165, 1.54) is 0 Å². The second-order valence-electron chi connectivity index (χ2n) is 6.33. The molecule has 1 fully saturated rings. The highest BCUT2D eigenvalue weighted by molar-refractivity contribution is 7.80. The molecule has 0 bridgehead atoms. The number of rotatable bonds is 2. The SMILES string of the molecule is S=C(Nc1ccccc1Cl)N1CCC[C@@H](c2nc3ccccc3[nH]2)C1. The number of hydrogen-bond acceptors (Lipinski definition) is 2. The van der Waals surface area contributed by atoms with Crippen molar-refractivity contribution in [3.05, 3.63) is 59.4 Å². The van der Waals surface area contributed by atoms with Crippen molar-refractivity contribution in [2.75, 3.05) is 18.4 Å². The lowest BCUT2D eigenvalue weighted by molar-refractivity contribution is 0.307. The number of piperidine rings is 1. The van der Waals surface area contributed by atoms with Gasteiger partial charge in [-0.05, 0) is 49.3 Å². The van der Waals surface area contributed by atoms with Gasteiger partial charge in [-0.2, -0.15) is 0 Å². The highest BCUT2D eigenvalue weighted by Gasteiger charge is 2.25. The van der Waals surface area contributed by atoms with Crippen LogP contribution in [-0.4, -0.2) is 33.1 Å². The van der Waals surface area contributed by atoms with E-state index in [2.05, 4.69) is 21.3 Å². The third kappa shape index (κ3) is 3.48. The Kier molecular flexibility index (Phi) is 4.59. The molecule has 1 atom stereocenters. The van der Waals surface area contributed by atoms with Gasteiger partial charge in [0.2, 0.25) is 0 Å². The number of halogens is 1. The number of thiocarbonyl (C=S) groups is 1. The van der Waals surface area contributed by atoms with Crippen molar-refractivity contribution in [2.24, 2.45) is 0 Å². The number of H-pyrrole nitrogens is 1. The van der Waals surface area contributed by atoms with Gasteiger partial charge in [-0.25, -0.2) is 4.98 Å². The number of nitrogens with one attached hydrogen (secondary N) is 2. The highest BCUT2D eigenvalue weighted by atomic mass is 35.5. The average molecular weight is 371 g/mol. The van der Waals surface area contributed by atoms with Gasteiger partial charge in [0.25, 0.3) is 0 Å². The standard InChI is InChI=1S/C19H19ClN4S/c20-14-7-1-2-8-15(14)23-19(25)24-11-5-6-13(12-24)18-21-16-9-3-4-10-17(16)22-18/h1-4,7-10,13H,5-6,11-12H2,(H,21,22)(H,23,25)/t13-/m1/s1. The number of hydrogen-bond donors (Lipinski definition) is 2. The van der Waals surface area contributed by atoms with Gasteiger partial charge in [-0.3, -0.25) is 0 Å². The van der Waals surface area contributed by atoms with E-state index in [-0.39, 0.29) is 0 Å². The Morgan fingerprint density at radius 2 is 2.00 bits per heavy atom. The van der Waals surface area contributed by atoms with E-state index in [1.54, 1.807) is 0 Å². The number of fused-ring (bicyclic) bond motifs is 1. The summed E-state index contributed by atoms with van der Waals surface area (Å²) < 4.78 is 0. The minimum absolute atomic E-state index is 0.354. The summed E-state index contributed by atoms with van der Waals surface area (Å²) in [5, 5.41) is 4.67. The third-order valence-corrected chi connectivity index (χ3v) is 5.31. The van der Waals surface area contributed by atoms with Crippen LogP contribution in [0.1, 0.15) is 24.6 Å². The zero-order chi connectivity index (χ0) is 17.2.